The van der Waals surface area contributed by atoms with Gasteiger partial charge in [-0.05, 0) is 37.9 Å². The van der Waals surface area contributed by atoms with E-state index in [0.717, 1.165) is 32.7 Å². The second-order valence-corrected chi connectivity index (χ2v) is 3.95. The molecule has 0 fully saturated rings. The van der Waals surface area contributed by atoms with Crippen molar-refractivity contribution in [1.29, 1.82) is 0 Å². The number of hydrogen-bond acceptors (Lipinski definition) is 2. The minimum absolute atomic E-state index is 0.744. The lowest BCUT2D eigenvalue weighted by molar-refractivity contribution is 0.117. The van der Waals surface area contributed by atoms with Gasteiger partial charge in [0, 0.05) is 6.61 Å². The van der Waals surface area contributed by atoms with Crippen molar-refractivity contribution in [2.24, 2.45) is 0 Å². The third-order valence-corrected chi connectivity index (χ3v) is 2.50. The second-order valence-electron chi connectivity index (χ2n) is 3.95. The highest BCUT2D eigenvalue weighted by molar-refractivity contribution is 5.13. The first kappa shape index (κ1) is 13.2. The first-order chi connectivity index (χ1) is 7.93. The van der Waals surface area contributed by atoms with Gasteiger partial charge in [0.1, 0.15) is 0 Å². The molecule has 90 valence electrons. The van der Waals surface area contributed by atoms with Crippen LogP contribution in [-0.2, 0) is 11.3 Å². The highest BCUT2D eigenvalue weighted by atomic mass is 16.5. The lowest BCUT2D eigenvalue weighted by atomic mass is 10.2. The maximum Gasteiger partial charge on any atom is 0.0716 e. The van der Waals surface area contributed by atoms with Crippen LogP contribution in [0.15, 0.2) is 30.3 Å². The van der Waals surface area contributed by atoms with E-state index in [0.29, 0.717) is 0 Å². The Bertz CT molecular complexity index is 248. The van der Waals surface area contributed by atoms with Crippen molar-refractivity contribution in [2.45, 2.75) is 32.8 Å². The molecule has 1 aromatic rings. The summed E-state index contributed by atoms with van der Waals surface area (Å²) in [5.74, 6) is 0. The summed E-state index contributed by atoms with van der Waals surface area (Å²) in [6.07, 6.45) is 3.67. The first-order valence-corrected chi connectivity index (χ1v) is 6.26. The van der Waals surface area contributed by atoms with E-state index in [1.54, 1.807) is 0 Å². The Kier molecular flexibility index (Phi) is 7.74. The van der Waals surface area contributed by atoms with Crippen molar-refractivity contribution in [1.82, 2.24) is 5.32 Å². The number of benzene rings is 1. The van der Waals surface area contributed by atoms with Crippen molar-refractivity contribution < 1.29 is 4.74 Å². The molecule has 0 aliphatic rings. The SMILES string of the molecule is CCNCCCCCOCc1ccccc1. The summed E-state index contributed by atoms with van der Waals surface area (Å²) in [5.41, 5.74) is 1.26. The van der Waals surface area contributed by atoms with E-state index in [4.69, 9.17) is 4.74 Å². The van der Waals surface area contributed by atoms with Gasteiger partial charge in [0.15, 0.2) is 0 Å². The molecular weight excluding hydrogens is 198 g/mol. The van der Waals surface area contributed by atoms with Crippen LogP contribution in [0.1, 0.15) is 31.7 Å². The Morgan fingerprint density at radius 3 is 2.62 bits per heavy atom. The van der Waals surface area contributed by atoms with Gasteiger partial charge >= 0.3 is 0 Å². The standard InChI is InChI=1S/C14H23NO/c1-2-15-11-7-4-8-12-16-13-14-9-5-3-6-10-14/h3,5-6,9-10,15H,2,4,7-8,11-13H2,1H3. The summed E-state index contributed by atoms with van der Waals surface area (Å²) in [6.45, 7) is 5.97. The lowest BCUT2D eigenvalue weighted by Gasteiger charge is -2.04. The van der Waals surface area contributed by atoms with Gasteiger partial charge in [-0.1, -0.05) is 37.3 Å². The van der Waals surface area contributed by atoms with Gasteiger partial charge < -0.3 is 10.1 Å². The van der Waals surface area contributed by atoms with E-state index in [-0.39, 0.29) is 0 Å². The molecule has 0 heterocycles. The molecule has 2 heteroatoms. The van der Waals surface area contributed by atoms with E-state index in [9.17, 15) is 0 Å². The minimum atomic E-state index is 0.744. The summed E-state index contributed by atoms with van der Waals surface area (Å²) < 4.78 is 5.61. The van der Waals surface area contributed by atoms with Crippen LogP contribution in [0.2, 0.25) is 0 Å². The fraction of sp³-hybridized carbons (Fsp3) is 0.571. The van der Waals surface area contributed by atoms with Gasteiger partial charge in [-0.3, -0.25) is 0 Å². The van der Waals surface area contributed by atoms with Crippen molar-refractivity contribution >= 4 is 0 Å². The molecule has 0 aliphatic heterocycles. The Morgan fingerprint density at radius 2 is 1.88 bits per heavy atom. The number of ether oxygens (including phenoxy) is 1. The summed E-state index contributed by atoms with van der Waals surface area (Å²) in [6, 6.07) is 10.3. The smallest absolute Gasteiger partial charge is 0.0716 e. The largest absolute Gasteiger partial charge is 0.377 e. The van der Waals surface area contributed by atoms with Gasteiger partial charge in [-0.25, -0.2) is 0 Å². The molecule has 0 amide bonds. The molecule has 0 unspecified atom stereocenters. The zero-order chi connectivity index (χ0) is 11.5. The van der Waals surface area contributed by atoms with Crippen LogP contribution in [0.5, 0.6) is 0 Å². The molecule has 0 aromatic heterocycles. The van der Waals surface area contributed by atoms with E-state index in [1.807, 2.05) is 6.07 Å². The molecule has 0 bridgehead atoms. The fourth-order valence-electron chi connectivity index (χ4n) is 1.57. The summed E-state index contributed by atoms with van der Waals surface area (Å²) >= 11 is 0. The third-order valence-electron chi connectivity index (χ3n) is 2.50. The Hall–Kier alpha value is -0.860. The molecule has 0 radical (unpaired) electrons. The minimum Gasteiger partial charge on any atom is -0.377 e. The summed E-state index contributed by atoms with van der Waals surface area (Å²) in [7, 11) is 0. The van der Waals surface area contributed by atoms with Crippen LogP contribution in [-0.4, -0.2) is 19.7 Å². The van der Waals surface area contributed by atoms with Crippen LogP contribution in [0.4, 0.5) is 0 Å². The monoisotopic (exact) mass is 221 g/mol. The van der Waals surface area contributed by atoms with Gasteiger partial charge in [-0.15, -0.1) is 0 Å². The Morgan fingerprint density at radius 1 is 1.06 bits per heavy atom. The van der Waals surface area contributed by atoms with Gasteiger partial charge in [0.05, 0.1) is 6.61 Å². The van der Waals surface area contributed by atoms with Crippen LogP contribution in [0.25, 0.3) is 0 Å². The Balaban J connectivity index is 1.89. The molecule has 16 heavy (non-hydrogen) atoms. The van der Waals surface area contributed by atoms with E-state index in [2.05, 4.69) is 36.5 Å². The van der Waals surface area contributed by atoms with Crippen LogP contribution >= 0.6 is 0 Å². The number of hydrogen-bond donors (Lipinski definition) is 1. The van der Waals surface area contributed by atoms with E-state index in [1.165, 1.54) is 18.4 Å². The topological polar surface area (TPSA) is 21.3 Å². The number of rotatable bonds is 9. The first-order valence-electron chi connectivity index (χ1n) is 6.26. The normalized spacial score (nSPS) is 10.6. The summed E-state index contributed by atoms with van der Waals surface area (Å²) in [4.78, 5) is 0. The molecular formula is C14H23NO. The highest BCUT2D eigenvalue weighted by Crippen LogP contribution is 2.02. The average molecular weight is 221 g/mol. The lowest BCUT2D eigenvalue weighted by Crippen LogP contribution is -2.13. The van der Waals surface area contributed by atoms with Crippen LogP contribution < -0.4 is 5.32 Å². The average Bonchev–Trinajstić information content (AvgIpc) is 2.34. The van der Waals surface area contributed by atoms with Crippen LogP contribution in [0.3, 0.4) is 0 Å². The maximum atomic E-state index is 5.61. The molecule has 0 atom stereocenters. The highest BCUT2D eigenvalue weighted by Gasteiger charge is 1.92. The van der Waals surface area contributed by atoms with Crippen molar-refractivity contribution in [2.75, 3.05) is 19.7 Å². The molecule has 0 saturated carbocycles. The van der Waals surface area contributed by atoms with Crippen molar-refractivity contribution in [3.8, 4) is 0 Å². The van der Waals surface area contributed by atoms with Crippen molar-refractivity contribution in [3.63, 3.8) is 0 Å². The van der Waals surface area contributed by atoms with E-state index < -0.39 is 0 Å². The molecule has 1 aromatic carbocycles. The zero-order valence-electron chi connectivity index (χ0n) is 10.2. The second kappa shape index (κ2) is 9.37. The van der Waals surface area contributed by atoms with Crippen LogP contribution in [0, 0.1) is 0 Å². The Labute approximate surface area is 99.0 Å². The predicted molar refractivity (Wildman–Crippen MR) is 68.5 cm³/mol. The summed E-state index contributed by atoms with van der Waals surface area (Å²) in [5, 5.41) is 3.32. The molecule has 1 rings (SSSR count). The zero-order valence-corrected chi connectivity index (χ0v) is 10.2. The third kappa shape index (κ3) is 6.59. The number of nitrogens with one attached hydrogen (secondary N) is 1. The fourth-order valence-corrected chi connectivity index (χ4v) is 1.57. The molecule has 0 saturated heterocycles. The van der Waals surface area contributed by atoms with E-state index >= 15 is 0 Å². The van der Waals surface area contributed by atoms with Gasteiger partial charge in [0.25, 0.3) is 0 Å². The quantitative estimate of drug-likeness (QED) is 0.647. The molecule has 0 aliphatic carbocycles. The molecule has 2 nitrogen and oxygen atoms in total. The molecule has 1 N–H and O–H groups in total. The van der Waals surface area contributed by atoms with Gasteiger partial charge in [-0.2, -0.15) is 0 Å². The predicted octanol–water partition coefficient (Wildman–Crippen LogP) is 2.98. The van der Waals surface area contributed by atoms with Gasteiger partial charge in [0.2, 0.25) is 0 Å². The number of unbranched alkanes of at least 4 members (excludes halogenated alkanes) is 2. The van der Waals surface area contributed by atoms with Crippen molar-refractivity contribution in [3.05, 3.63) is 35.9 Å². The maximum absolute atomic E-state index is 5.61. The molecule has 0 spiro atoms.